The number of benzene rings is 2. The summed E-state index contributed by atoms with van der Waals surface area (Å²) in [5, 5.41) is 9.73. The van der Waals surface area contributed by atoms with Gasteiger partial charge in [0.05, 0.1) is 11.8 Å². The molecule has 37 heavy (non-hydrogen) atoms. The minimum atomic E-state index is -4.48. The summed E-state index contributed by atoms with van der Waals surface area (Å²) < 4.78 is 40.8. The molecule has 4 rings (SSSR count). The van der Waals surface area contributed by atoms with E-state index >= 15 is 0 Å². The van der Waals surface area contributed by atoms with Crippen LogP contribution in [0.25, 0.3) is 11.1 Å². The fraction of sp³-hybridized carbons (Fsp3) is 0.357. The standard InChI is InChI=1S/C28H31F3N4O2/c1-3-34(4-2)27(37)21-5-7-25(8-6-21)35-11-9-33(10-12-35)19-20-13-22(15-24(14-20)28(29,30)31)23-16-26(36)18-32-17-23/h5-8,13-18,36H,3-4,9-12,19H2,1-2H3. The average Bonchev–Trinajstić information content (AvgIpc) is 2.89. The predicted octanol–water partition coefficient (Wildman–Crippen LogP) is 5.28. The fourth-order valence-electron chi connectivity index (χ4n) is 4.63. The van der Waals surface area contributed by atoms with Crippen molar-refractivity contribution in [1.29, 1.82) is 0 Å². The number of hydrogen-bond donors (Lipinski definition) is 1. The maximum Gasteiger partial charge on any atom is 0.416 e. The van der Waals surface area contributed by atoms with E-state index in [-0.39, 0.29) is 11.7 Å². The number of rotatable bonds is 7. The van der Waals surface area contributed by atoms with Crippen LogP contribution in [0.3, 0.4) is 0 Å². The van der Waals surface area contributed by atoms with Crippen molar-refractivity contribution in [1.82, 2.24) is 14.8 Å². The third kappa shape index (κ3) is 6.40. The average molecular weight is 513 g/mol. The van der Waals surface area contributed by atoms with Gasteiger partial charge in [0.25, 0.3) is 5.91 Å². The summed E-state index contributed by atoms with van der Waals surface area (Å²) in [7, 11) is 0. The van der Waals surface area contributed by atoms with Gasteiger partial charge < -0.3 is 14.9 Å². The Hall–Kier alpha value is -3.59. The van der Waals surface area contributed by atoms with E-state index in [2.05, 4.69) is 14.8 Å². The molecule has 1 saturated heterocycles. The zero-order valence-electron chi connectivity index (χ0n) is 21.0. The summed E-state index contributed by atoms with van der Waals surface area (Å²) in [4.78, 5) is 22.6. The number of carbonyl (C=O) groups excluding carboxylic acids is 1. The predicted molar refractivity (Wildman–Crippen MR) is 138 cm³/mol. The Morgan fingerprint density at radius 2 is 1.62 bits per heavy atom. The second-order valence-corrected chi connectivity index (χ2v) is 9.14. The number of aromatic nitrogens is 1. The highest BCUT2D eigenvalue weighted by atomic mass is 19.4. The first-order valence-electron chi connectivity index (χ1n) is 12.4. The maximum absolute atomic E-state index is 13.6. The molecule has 1 aliphatic heterocycles. The van der Waals surface area contributed by atoms with Crippen LogP contribution < -0.4 is 4.90 Å². The molecule has 1 aromatic heterocycles. The monoisotopic (exact) mass is 512 g/mol. The quantitative estimate of drug-likeness (QED) is 0.467. The van der Waals surface area contributed by atoms with Crippen LogP contribution in [0.4, 0.5) is 18.9 Å². The third-order valence-electron chi connectivity index (χ3n) is 6.69. The molecule has 1 aliphatic rings. The lowest BCUT2D eigenvalue weighted by molar-refractivity contribution is -0.137. The minimum Gasteiger partial charge on any atom is -0.506 e. The zero-order valence-corrected chi connectivity index (χ0v) is 21.0. The van der Waals surface area contributed by atoms with Gasteiger partial charge in [0.2, 0.25) is 0 Å². The number of halogens is 3. The molecular formula is C28H31F3N4O2. The van der Waals surface area contributed by atoms with Gasteiger partial charge in [-0.15, -0.1) is 0 Å². The smallest absolute Gasteiger partial charge is 0.416 e. The van der Waals surface area contributed by atoms with Gasteiger partial charge in [-0.1, -0.05) is 0 Å². The van der Waals surface area contributed by atoms with Crippen LogP contribution in [0, 0.1) is 0 Å². The van der Waals surface area contributed by atoms with Gasteiger partial charge in [-0.3, -0.25) is 14.7 Å². The van der Waals surface area contributed by atoms with Crippen molar-refractivity contribution in [2.75, 3.05) is 44.2 Å². The van der Waals surface area contributed by atoms with E-state index in [1.165, 1.54) is 24.5 Å². The highest BCUT2D eigenvalue weighted by Gasteiger charge is 2.31. The molecule has 1 fully saturated rings. The SMILES string of the molecule is CCN(CC)C(=O)c1ccc(N2CCN(Cc3cc(-c4cncc(O)c4)cc(C(F)(F)F)c3)CC2)cc1. The largest absolute Gasteiger partial charge is 0.506 e. The summed E-state index contributed by atoms with van der Waals surface area (Å²) in [5.74, 6) is -0.0821. The number of pyridine rings is 1. The summed E-state index contributed by atoms with van der Waals surface area (Å²) in [6, 6.07) is 13.0. The zero-order chi connectivity index (χ0) is 26.6. The number of aromatic hydroxyl groups is 1. The van der Waals surface area contributed by atoms with Crippen LogP contribution in [0.5, 0.6) is 5.75 Å². The van der Waals surface area contributed by atoms with E-state index in [1.807, 2.05) is 38.1 Å². The maximum atomic E-state index is 13.6. The first kappa shape index (κ1) is 26.5. The molecule has 196 valence electrons. The molecule has 0 aliphatic carbocycles. The number of amides is 1. The fourth-order valence-corrected chi connectivity index (χ4v) is 4.63. The van der Waals surface area contributed by atoms with Crippen molar-refractivity contribution >= 4 is 11.6 Å². The first-order valence-corrected chi connectivity index (χ1v) is 12.4. The van der Waals surface area contributed by atoms with E-state index in [0.717, 1.165) is 24.8 Å². The van der Waals surface area contributed by atoms with E-state index < -0.39 is 11.7 Å². The van der Waals surface area contributed by atoms with Crippen molar-refractivity contribution in [3.8, 4) is 16.9 Å². The Balaban J connectivity index is 1.43. The summed E-state index contributed by atoms with van der Waals surface area (Å²) >= 11 is 0. The van der Waals surface area contributed by atoms with Gasteiger partial charge in [0, 0.05) is 68.8 Å². The number of alkyl halides is 3. The van der Waals surface area contributed by atoms with Crippen molar-refractivity contribution < 1.29 is 23.1 Å². The third-order valence-corrected chi connectivity index (χ3v) is 6.69. The molecule has 2 aromatic carbocycles. The van der Waals surface area contributed by atoms with Crippen molar-refractivity contribution in [2.24, 2.45) is 0 Å². The summed E-state index contributed by atoms with van der Waals surface area (Å²) in [5.41, 5.74) is 2.32. The lowest BCUT2D eigenvalue weighted by Gasteiger charge is -2.36. The molecule has 0 spiro atoms. The molecule has 0 atom stereocenters. The lowest BCUT2D eigenvalue weighted by atomic mass is 10.00. The van der Waals surface area contributed by atoms with Crippen LogP contribution in [0.1, 0.15) is 35.3 Å². The summed E-state index contributed by atoms with van der Waals surface area (Å²) in [6.45, 7) is 8.47. The molecule has 0 radical (unpaired) electrons. The van der Waals surface area contributed by atoms with Gasteiger partial charge in [0.1, 0.15) is 5.75 Å². The molecule has 6 nitrogen and oxygen atoms in total. The second kappa shape index (κ2) is 11.2. The Kier molecular flexibility index (Phi) is 8.02. The topological polar surface area (TPSA) is 59.9 Å². The van der Waals surface area contributed by atoms with Gasteiger partial charge in [-0.25, -0.2) is 0 Å². The van der Waals surface area contributed by atoms with E-state index in [4.69, 9.17) is 0 Å². The second-order valence-electron chi connectivity index (χ2n) is 9.14. The Bertz CT molecular complexity index is 1220. The number of hydrogen-bond acceptors (Lipinski definition) is 5. The molecule has 0 bridgehead atoms. The molecule has 9 heteroatoms. The van der Waals surface area contributed by atoms with Crippen molar-refractivity contribution in [2.45, 2.75) is 26.6 Å². The number of anilines is 1. The molecular weight excluding hydrogens is 481 g/mol. The molecule has 1 N–H and O–H groups in total. The Labute approximate surface area is 215 Å². The molecule has 0 unspecified atom stereocenters. The van der Waals surface area contributed by atoms with E-state index in [0.29, 0.717) is 55.0 Å². The Morgan fingerprint density at radius 1 is 0.946 bits per heavy atom. The molecule has 0 saturated carbocycles. The summed E-state index contributed by atoms with van der Waals surface area (Å²) in [6.07, 6.45) is -1.79. The van der Waals surface area contributed by atoms with Crippen LogP contribution in [-0.4, -0.2) is 65.1 Å². The molecule has 1 amide bonds. The van der Waals surface area contributed by atoms with Crippen LogP contribution in [-0.2, 0) is 12.7 Å². The molecule has 3 aromatic rings. The van der Waals surface area contributed by atoms with Gasteiger partial charge >= 0.3 is 6.18 Å². The number of nitrogens with zero attached hydrogens (tertiary/aromatic N) is 4. The van der Waals surface area contributed by atoms with Gasteiger partial charge in [0.15, 0.2) is 0 Å². The van der Waals surface area contributed by atoms with Crippen molar-refractivity contribution in [3.63, 3.8) is 0 Å². The van der Waals surface area contributed by atoms with Crippen LogP contribution in [0.15, 0.2) is 60.9 Å². The lowest BCUT2D eigenvalue weighted by Crippen LogP contribution is -2.46. The van der Waals surface area contributed by atoms with Gasteiger partial charge in [-0.2, -0.15) is 13.2 Å². The van der Waals surface area contributed by atoms with Gasteiger partial charge in [-0.05, 0) is 73.5 Å². The normalized spacial score (nSPS) is 14.6. The van der Waals surface area contributed by atoms with E-state index in [1.54, 1.807) is 11.0 Å². The minimum absolute atomic E-state index is 0.0170. The van der Waals surface area contributed by atoms with E-state index in [9.17, 15) is 23.1 Å². The first-order chi connectivity index (χ1) is 17.7. The number of piperazine rings is 1. The Morgan fingerprint density at radius 3 is 2.22 bits per heavy atom. The molecule has 2 heterocycles. The van der Waals surface area contributed by atoms with Crippen LogP contribution >= 0.6 is 0 Å². The number of carbonyl (C=O) groups is 1. The van der Waals surface area contributed by atoms with Crippen LogP contribution in [0.2, 0.25) is 0 Å². The highest BCUT2D eigenvalue weighted by Crippen LogP contribution is 2.34. The van der Waals surface area contributed by atoms with Crippen molar-refractivity contribution in [3.05, 3.63) is 77.6 Å². The highest BCUT2D eigenvalue weighted by molar-refractivity contribution is 5.94.